The minimum absolute atomic E-state index is 0.693. The Morgan fingerprint density at radius 3 is 2.60 bits per heavy atom. The van der Waals surface area contributed by atoms with E-state index < -0.39 is 0 Å². The van der Waals surface area contributed by atoms with Gasteiger partial charge in [0.2, 0.25) is 0 Å². The van der Waals surface area contributed by atoms with E-state index in [1.54, 1.807) is 0 Å². The van der Waals surface area contributed by atoms with Crippen molar-refractivity contribution in [3.8, 4) is 0 Å². The van der Waals surface area contributed by atoms with E-state index in [0.717, 1.165) is 25.6 Å². The molecule has 2 saturated heterocycles. The molecule has 2 atom stereocenters. The van der Waals surface area contributed by atoms with E-state index in [1.165, 1.54) is 39.1 Å². The Hall–Kier alpha value is -0.160. The SMILES string of the molecule is NCC(CN1CCNCC1)C1CCNC1. The summed E-state index contributed by atoms with van der Waals surface area (Å²) < 4.78 is 0. The van der Waals surface area contributed by atoms with Crippen LogP contribution < -0.4 is 16.4 Å². The normalized spacial score (nSPS) is 30.6. The van der Waals surface area contributed by atoms with E-state index in [2.05, 4.69) is 15.5 Å². The summed E-state index contributed by atoms with van der Waals surface area (Å²) in [4.78, 5) is 2.56. The van der Waals surface area contributed by atoms with Crippen LogP contribution in [0, 0.1) is 11.8 Å². The third-order valence-electron chi connectivity index (χ3n) is 3.77. The highest BCUT2D eigenvalue weighted by molar-refractivity contribution is 4.82. The largest absolute Gasteiger partial charge is 0.330 e. The molecule has 0 aromatic rings. The summed E-state index contributed by atoms with van der Waals surface area (Å²) in [5.74, 6) is 1.50. The number of hydrogen-bond donors (Lipinski definition) is 3. The predicted octanol–water partition coefficient (Wildman–Crippen LogP) is -0.924. The maximum absolute atomic E-state index is 5.90. The van der Waals surface area contributed by atoms with Gasteiger partial charge < -0.3 is 21.3 Å². The molecule has 0 spiro atoms. The average molecular weight is 212 g/mol. The van der Waals surface area contributed by atoms with Crippen molar-refractivity contribution >= 4 is 0 Å². The van der Waals surface area contributed by atoms with Gasteiger partial charge in [0.05, 0.1) is 0 Å². The number of nitrogens with two attached hydrogens (primary N) is 1. The van der Waals surface area contributed by atoms with E-state index in [4.69, 9.17) is 5.73 Å². The van der Waals surface area contributed by atoms with Crippen LogP contribution in [0.2, 0.25) is 0 Å². The molecule has 2 heterocycles. The van der Waals surface area contributed by atoms with Crippen molar-refractivity contribution < 1.29 is 0 Å². The van der Waals surface area contributed by atoms with Crippen molar-refractivity contribution in [1.29, 1.82) is 0 Å². The molecule has 0 aromatic carbocycles. The summed E-state index contributed by atoms with van der Waals surface area (Å²) >= 11 is 0. The Bertz CT molecular complexity index is 173. The average Bonchev–Trinajstić information content (AvgIpc) is 2.81. The highest BCUT2D eigenvalue weighted by Gasteiger charge is 2.25. The van der Waals surface area contributed by atoms with Crippen molar-refractivity contribution in [2.45, 2.75) is 6.42 Å². The van der Waals surface area contributed by atoms with Gasteiger partial charge in [-0.25, -0.2) is 0 Å². The van der Waals surface area contributed by atoms with Gasteiger partial charge in [0.1, 0.15) is 0 Å². The first-order valence-electron chi connectivity index (χ1n) is 6.24. The van der Waals surface area contributed by atoms with Gasteiger partial charge in [-0.1, -0.05) is 0 Å². The molecule has 0 aromatic heterocycles. The van der Waals surface area contributed by atoms with E-state index in [0.29, 0.717) is 5.92 Å². The van der Waals surface area contributed by atoms with Gasteiger partial charge in [-0.2, -0.15) is 0 Å². The highest BCUT2D eigenvalue weighted by Crippen LogP contribution is 2.19. The molecule has 2 aliphatic rings. The molecule has 0 aliphatic carbocycles. The molecule has 2 fully saturated rings. The molecule has 0 saturated carbocycles. The monoisotopic (exact) mass is 212 g/mol. The van der Waals surface area contributed by atoms with E-state index >= 15 is 0 Å². The first-order chi connectivity index (χ1) is 7.40. The second-order valence-electron chi connectivity index (χ2n) is 4.80. The van der Waals surface area contributed by atoms with Gasteiger partial charge in [0.25, 0.3) is 0 Å². The van der Waals surface area contributed by atoms with Crippen LogP contribution in [0.4, 0.5) is 0 Å². The summed E-state index contributed by atoms with van der Waals surface area (Å²) in [6.07, 6.45) is 1.31. The number of rotatable bonds is 4. The summed E-state index contributed by atoms with van der Waals surface area (Å²) in [7, 11) is 0. The Morgan fingerprint density at radius 2 is 2.00 bits per heavy atom. The Labute approximate surface area is 92.6 Å². The molecule has 4 nitrogen and oxygen atoms in total. The smallest absolute Gasteiger partial charge is 0.0107 e. The third-order valence-corrected chi connectivity index (χ3v) is 3.77. The van der Waals surface area contributed by atoms with E-state index in [-0.39, 0.29) is 0 Å². The van der Waals surface area contributed by atoms with Crippen LogP contribution in [0.15, 0.2) is 0 Å². The molecule has 4 N–H and O–H groups in total. The van der Waals surface area contributed by atoms with Crippen LogP contribution in [0.25, 0.3) is 0 Å². The van der Waals surface area contributed by atoms with E-state index in [1.807, 2.05) is 0 Å². The van der Waals surface area contributed by atoms with Crippen LogP contribution in [0.5, 0.6) is 0 Å². The lowest BCUT2D eigenvalue weighted by molar-refractivity contribution is 0.180. The number of nitrogens with zero attached hydrogens (tertiary/aromatic N) is 1. The van der Waals surface area contributed by atoms with Gasteiger partial charge in [-0.15, -0.1) is 0 Å². The van der Waals surface area contributed by atoms with E-state index in [9.17, 15) is 0 Å². The molecule has 4 heteroatoms. The van der Waals surface area contributed by atoms with Crippen molar-refractivity contribution in [3.05, 3.63) is 0 Å². The molecule has 2 aliphatic heterocycles. The number of nitrogens with one attached hydrogen (secondary N) is 2. The molecule has 2 rings (SSSR count). The van der Waals surface area contributed by atoms with Gasteiger partial charge in [0, 0.05) is 32.7 Å². The lowest BCUT2D eigenvalue weighted by atomic mass is 9.91. The molecule has 0 amide bonds. The zero-order valence-electron chi connectivity index (χ0n) is 9.54. The van der Waals surface area contributed by atoms with Crippen molar-refractivity contribution in [2.75, 3.05) is 52.4 Å². The Morgan fingerprint density at radius 1 is 1.20 bits per heavy atom. The van der Waals surface area contributed by atoms with Crippen molar-refractivity contribution in [2.24, 2.45) is 17.6 Å². The summed E-state index contributed by atoms with van der Waals surface area (Å²) in [5, 5.41) is 6.83. The van der Waals surface area contributed by atoms with Gasteiger partial charge in [-0.05, 0) is 37.9 Å². The first-order valence-corrected chi connectivity index (χ1v) is 6.24. The van der Waals surface area contributed by atoms with Crippen molar-refractivity contribution in [3.63, 3.8) is 0 Å². The maximum Gasteiger partial charge on any atom is 0.0107 e. The summed E-state index contributed by atoms with van der Waals surface area (Å²) in [5.41, 5.74) is 5.90. The predicted molar refractivity (Wildman–Crippen MR) is 62.8 cm³/mol. The molecule has 0 radical (unpaired) electrons. The minimum atomic E-state index is 0.693. The molecular weight excluding hydrogens is 188 g/mol. The van der Waals surface area contributed by atoms with Gasteiger partial charge in [0.15, 0.2) is 0 Å². The highest BCUT2D eigenvalue weighted by atomic mass is 15.2. The first kappa shape index (κ1) is 11.3. The third kappa shape index (κ3) is 3.14. The fourth-order valence-electron chi connectivity index (χ4n) is 2.72. The minimum Gasteiger partial charge on any atom is -0.330 e. The quantitative estimate of drug-likeness (QED) is 0.564. The lowest BCUT2D eigenvalue weighted by Crippen LogP contribution is -2.47. The number of hydrogen-bond acceptors (Lipinski definition) is 4. The fraction of sp³-hybridized carbons (Fsp3) is 1.00. The van der Waals surface area contributed by atoms with Crippen LogP contribution in [0.1, 0.15) is 6.42 Å². The van der Waals surface area contributed by atoms with Gasteiger partial charge >= 0.3 is 0 Å². The Kier molecular flexibility index (Phi) is 4.38. The lowest BCUT2D eigenvalue weighted by Gasteiger charge is -2.32. The number of piperazine rings is 1. The molecule has 2 unspecified atom stereocenters. The van der Waals surface area contributed by atoms with Crippen LogP contribution >= 0.6 is 0 Å². The summed E-state index contributed by atoms with van der Waals surface area (Å²) in [6, 6.07) is 0. The summed E-state index contributed by atoms with van der Waals surface area (Å²) in [6.45, 7) is 9.06. The zero-order valence-corrected chi connectivity index (χ0v) is 9.54. The molecular formula is C11H24N4. The Balaban J connectivity index is 1.78. The van der Waals surface area contributed by atoms with Crippen LogP contribution in [-0.4, -0.2) is 57.3 Å². The van der Waals surface area contributed by atoms with Crippen LogP contribution in [-0.2, 0) is 0 Å². The van der Waals surface area contributed by atoms with Gasteiger partial charge in [-0.3, -0.25) is 0 Å². The second kappa shape index (κ2) is 5.80. The fourth-order valence-corrected chi connectivity index (χ4v) is 2.72. The second-order valence-corrected chi connectivity index (χ2v) is 4.80. The molecule has 0 bridgehead atoms. The zero-order chi connectivity index (χ0) is 10.5. The van der Waals surface area contributed by atoms with Crippen LogP contribution in [0.3, 0.4) is 0 Å². The molecule has 88 valence electrons. The molecule has 15 heavy (non-hydrogen) atoms. The maximum atomic E-state index is 5.90. The topological polar surface area (TPSA) is 53.3 Å². The van der Waals surface area contributed by atoms with Crippen molar-refractivity contribution in [1.82, 2.24) is 15.5 Å². The standard InChI is InChI=1S/C11H24N4/c12-7-11(10-1-2-14-8-10)9-15-5-3-13-4-6-15/h10-11,13-14H,1-9,12H2.